The average molecular weight is 1580 g/mol. The van der Waals surface area contributed by atoms with Crippen LogP contribution in [0.15, 0.2) is 0 Å². The Labute approximate surface area is 664 Å². The Morgan fingerprint density at radius 3 is 0.630 bits per heavy atom. The molecule has 0 aliphatic heterocycles. The molecule has 0 radical (unpaired) electrons. The summed E-state index contributed by atoms with van der Waals surface area (Å²) in [6.45, 7) is 9.65. The normalized spacial score (nSPS) is 13.8. The Kier molecular flexibility index (Phi) is 78.8. The summed E-state index contributed by atoms with van der Waals surface area (Å²) >= 11 is 0. The summed E-state index contributed by atoms with van der Waals surface area (Å²) in [6, 6.07) is 0. The van der Waals surface area contributed by atoms with Crippen LogP contribution in [0.25, 0.3) is 0 Å². The molecule has 108 heavy (non-hydrogen) atoms. The second kappa shape index (κ2) is 80.3. The lowest BCUT2D eigenvalue weighted by Gasteiger charge is -2.21. The van der Waals surface area contributed by atoms with Crippen LogP contribution < -0.4 is 0 Å². The minimum absolute atomic E-state index is 0.106. The van der Waals surface area contributed by atoms with Gasteiger partial charge in [-0.3, -0.25) is 37.3 Å². The first-order chi connectivity index (χ1) is 52.4. The van der Waals surface area contributed by atoms with E-state index in [2.05, 4.69) is 41.5 Å². The second-order valence-electron chi connectivity index (χ2n) is 32.9. The van der Waals surface area contributed by atoms with Gasteiger partial charge in [0.15, 0.2) is 12.2 Å². The molecule has 642 valence electrons. The van der Waals surface area contributed by atoms with Gasteiger partial charge in [0.1, 0.15) is 19.3 Å². The Bertz CT molecular complexity index is 2060. The first kappa shape index (κ1) is 106. The zero-order valence-electron chi connectivity index (χ0n) is 71.2. The van der Waals surface area contributed by atoms with Crippen LogP contribution in [-0.2, 0) is 65.4 Å². The van der Waals surface area contributed by atoms with Crippen molar-refractivity contribution in [3.63, 3.8) is 0 Å². The summed E-state index contributed by atoms with van der Waals surface area (Å²) in [4.78, 5) is 73.3. The fraction of sp³-hybridized carbons (Fsp3) is 0.955. The van der Waals surface area contributed by atoms with E-state index in [4.69, 9.17) is 37.0 Å². The molecule has 0 saturated carbocycles. The predicted molar refractivity (Wildman–Crippen MR) is 446 cm³/mol. The first-order valence-corrected chi connectivity index (χ1v) is 49.0. The van der Waals surface area contributed by atoms with Gasteiger partial charge in [-0.1, -0.05) is 427 Å². The third-order valence-corrected chi connectivity index (χ3v) is 22.9. The minimum Gasteiger partial charge on any atom is -0.462 e. The van der Waals surface area contributed by atoms with Crippen LogP contribution in [-0.4, -0.2) is 96.7 Å². The molecule has 0 saturated heterocycles. The summed E-state index contributed by atoms with van der Waals surface area (Å²) < 4.78 is 69.0. The number of aliphatic hydroxyl groups is 1. The SMILES string of the molecule is CCCCCCCCCCCCCCCCCCCCCCCCC(=O)O[C@H](COC(=O)CCCCCCCCCCCCCCCCCCCCCCC)COP(=O)(O)OC[C@@H](O)COP(=O)(O)OC[C@@H](COC(=O)CCCCCCCCCCCC(C)C)OC(=O)CCCCCCCCCCCCC(C)C. The molecule has 0 heterocycles. The number of hydrogen-bond acceptors (Lipinski definition) is 15. The van der Waals surface area contributed by atoms with Crippen molar-refractivity contribution in [3.8, 4) is 0 Å². The molecule has 5 atom stereocenters. The maximum atomic E-state index is 13.2. The molecule has 0 amide bonds. The van der Waals surface area contributed by atoms with Crippen LogP contribution in [0.5, 0.6) is 0 Å². The summed E-state index contributed by atoms with van der Waals surface area (Å²) in [5.74, 6) is -0.606. The topological polar surface area (TPSA) is 237 Å². The highest BCUT2D eigenvalue weighted by Gasteiger charge is 2.31. The number of rotatable bonds is 88. The smallest absolute Gasteiger partial charge is 0.462 e. The van der Waals surface area contributed by atoms with Crippen molar-refractivity contribution >= 4 is 39.5 Å². The molecular formula is C89H174O17P2. The molecule has 0 aliphatic carbocycles. The number of phosphoric acid groups is 2. The number of aliphatic hydroxyl groups excluding tert-OH is 1. The number of ether oxygens (including phenoxy) is 4. The van der Waals surface area contributed by atoms with E-state index in [1.165, 1.54) is 295 Å². The number of esters is 4. The van der Waals surface area contributed by atoms with Gasteiger partial charge in [-0.05, 0) is 37.5 Å². The first-order valence-electron chi connectivity index (χ1n) is 46.0. The Balaban J connectivity index is 5.22. The highest BCUT2D eigenvalue weighted by atomic mass is 31.2. The molecule has 0 aromatic carbocycles. The van der Waals surface area contributed by atoms with E-state index in [1.54, 1.807) is 0 Å². The van der Waals surface area contributed by atoms with E-state index in [9.17, 15) is 43.2 Å². The second-order valence-corrected chi connectivity index (χ2v) is 35.8. The van der Waals surface area contributed by atoms with Gasteiger partial charge in [0, 0.05) is 25.7 Å². The summed E-state index contributed by atoms with van der Waals surface area (Å²) in [6.07, 6.45) is 73.9. The van der Waals surface area contributed by atoms with Crippen LogP contribution >= 0.6 is 15.6 Å². The minimum atomic E-state index is -4.97. The lowest BCUT2D eigenvalue weighted by Crippen LogP contribution is -2.30. The monoisotopic (exact) mass is 1580 g/mol. The third kappa shape index (κ3) is 82.1. The van der Waals surface area contributed by atoms with E-state index in [1.807, 2.05) is 0 Å². The molecule has 19 heteroatoms. The average Bonchev–Trinajstić information content (AvgIpc) is 0.902. The van der Waals surface area contributed by atoms with E-state index in [-0.39, 0.29) is 25.7 Å². The summed E-state index contributed by atoms with van der Waals surface area (Å²) in [7, 11) is -9.93. The van der Waals surface area contributed by atoms with Gasteiger partial charge in [-0.25, -0.2) is 9.13 Å². The largest absolute Gasteiger partial charge is 0.472 e. The van der Waals surface area contributed by atoms with Crippen molar-refractivity contribution in [2.45, 2.75) is 496 Å². The number of carbonyl (C=O) groups excluding carboxylic acids is 4. The number of phosphoric ester groups is 2. The fourth-order valence-electron chi connectivity index (χ4n) is 14.0. The zero-order chi connectivity index (χ0) is 79.2. The molecule has 0 aromatic rings. The predicted octanol–water partition coefficient (Wildman–Crippen LogP) is 27.4. The summed E-state index contributed by atoms with van der Waals surface area (Å²) in [5, 5.41) is 10.7. The van der Waals surface area contributed by atoms with Crippen molar-refractivity contribution < 1.29 is 80.2 Å². The highest BCUT2D eigenvalue weighted by molar-refractivity contribution is 7.47. The van der Waals surface area contributed by atoms with Crippen LogP contribution in [0.3, 0.4) is 0 Å². The third-order valence-electron chi connectivity index (χ3n) is 21.0. The van der Waals surface area contributed by atoms with Crippen molar-refractivity contribution in [1.29, 1.82) is 0 Å². The molecule has 2 unspecified atom stereocenters. The van der Waals surface area contributed by atoms with Gasteiger partial charge >= 0.3 is 39.5 Å². The molecule has 0 aromatic heterocycles. The maximum absolute atomic E-state index is 13.2. The molecule has 0 fully saturated rings. The van der Waals surface area contributed by atoms with Gasteiger partial charge in [0.05, 0.1) is 26.4 Å². The van der Waals surface area contributed by atoms with Crippen molar-refractivity contribution in [3.05, 3.63) is 0 Å². The number of hydrogen-bond donors (Lipinski definition) is 3. The van der Waals surface area contributed by atoms with Gasteiger partial charge in [-0.15, -0.1) is 0 Å². The molecule has 0 aliphatic rings. The Morgan fingerprint density at radius 1 is 0.250 bits per heavy atom. The number of unbranched alkanes of at least 4 members (excludes halogenated alkanes) is 58. The highest BCUT2D eigenvalue weighted by Crippen LogP contribution is 2.45. The maximum Gasteiger partial charge on any atom is 0.472 e. The molecule has 0 spiro atoms. The van der Waals surface area contributed by atoms with Crippen molar-refractivity contribution in [2.75, 3.05) is 39.6 Å². The lowest BCUT2D eigenvalue weighted by atomic mass is 10.0. The van der Waals surface area contributed by atoms with E-state index >= 15 is 0 Å². The van der Waals surface area contributed by atoms with Crippen LogP contribution in [0, 0.1) is 11.8 Å². The standard InChI is InChI=1S/C89H174O17P2/c1-7-9-11-13-15-17-19-21-23-25-27-29-31-33-35-37-39-41-48-55-61-67-73-88(93)105-84(77-99-86(91)71-65-59-53-47-40-38-36-34-32-30-28-26-24-22-20-18-16-14-12-10-8-2)79-103-107(95,96)101-75-83(90)76-102-108(97,98)104-80-85(78-100-87(92)72-66-60-54-50-44-46-52-58-64-70-82(5)6)106-89(94)74-68-62-56-49-43-42-45-51-57-63-69-81(3)4/h81-85,90H,7-80H2,1-6H3,(H,95,96)(H,97,98)/t83-,84-,85-/m1/s1. The molecular weight excluding hydrogens is 1400 g/mol. The van der Waals surface area contributed by atoms with Gasteiger partial charge in [0.25, 0.3) is 0 Å². The summed E-state index contributed by atoms with van der Waals surface area (Å²) in [5.41, 5.74) is 0. The van der Waals surface area contributed by atoms with Crippen molar-refractivity contribution in [2.24, 2.45) is 11.8 Å². The van der Waals surface area contributed by atoms with E-state index in [0.29, 0.717) is 25.7 Å². The van der Waals surface area contributed by atoms with Gasteiger partial charge in [0.2, 0.25) is 0 Å². The molecule has 17 nitrogen and oxygen atoms in total. The molecule has 3 N–H and O–H groups in total. The number of carbonyl (C=O) groups is 4. The quantitative estimate of drug-likeness (QED) is 0.0222. The van der Waals surface area contributed by atoms with Gasteiger partial charge in [-0.2, -0.15) is 0 Å². The molecule has 0 rings (SSSR count). The lowest BCUT2D eigenvalue weighted by molar-refractivity contribution is -0.161. The van der Waals surface area contributed by atoms with E-state index < -0.39 is 97.5 Å². The van der Waals surface area contributed by atoms with Crippen molar-refractivity contribution in [1.82, 2.24) is 0 Å². The van der Waals surface area contributed by atoms with Crippen LogP contribution in [0.2, 0.25) is 0 Å². The van der Waals surface area contributed by atoms with Gasteiger partial charge < -0.3 is 33.8 Å². The van der Waals surface area contributed by atoms with E-state index in [0.717, 1.165) is 102 Å². The zero-order valence-corrected chi connectivity index (χ0v) is 73.0. The fourth-order valence-corrected chi connectivity index (χ4v) is 15.5. The molecule has 0 bridgehead atoms. The Morgan fingerprint density at radius 2 is 0.426 bits per heavy atom. The Hall–Kier alpha value is -1.94. The van der Waals surface area contributed by atoms with Crippen LogP contribution in [0.1, 0.15) is 478 Å². The van der Waals surface area contributed by atoms with Crippen LogP contribution in [0.4, 0.5) is 0 Å².